The molecular weight excluding hydrogens is 364 g/mol. The monoisotopic (exact) mass is 406 g/mol. The summed E-state index contributed by atoms with van der Waals surface area (Å²) >= 11 is 0. The van der Waals surface area contributed by atoms with E-state index in [1.807, 2.05) is 6.92 Å². The fourth-order valence-electron chi connectivity index (χ4n) is 9.26. The van der Waals surface area contributed by atoms with E-state index in [0.717, 1.165) is 32.1 Å². The highest BCUT2D eigenvalue weighted by molar-refractivity contribution is 5.66. The van der Waals surface area contributed by atoms with Gasteiger partial charge in [0.2, 0.25) is 0 Å². The molecular formula is C25H42O4. The van der Waals surface area contributed by atoms with E-state index in [1.54, 1.807) is 0 Å². The summed E-state index contributed by atoms with van der Waals surface area (Å²) in [7, 11) is 0. The Bertz CT molecular complexity index is 645. The van der Waals surface area contributed by atoms with E-state index in [0.29, 0.717) is 29.6 Å². The number of carboxylic acids is 1. The molecule has 0 saturated heterocycles. The largest absolute Gasteiger partial charge is 0.481 e. The fourth-order valence-corrected chi connectivity index (χ4v) is 9.26. The van der Waals surface area contributed by atoms with Gasteiger partial charge < -0.3 is 15.3 Å². The summed E-state index contributed by atoms with van der Waals surface area (Å²) in [6.07, 6.45) is 9.28. The van der Waals surface area contributed by atoms with E-state index >= 15 is 0 Å². The van der Waals surface area contributed by atoms with Crippen LogP contribution >= 0.6 is 0 Å². The molecule has 166 valence electrons. The molecule has 0 bridgehead atoms. The first-order chi connectivity index (χ1) is 13.5. The average molecular weight is 407 g/mol. The van der Waals surface area contributed by atoms with Crippen molar-refractivity contribution in [3.8, 4) is 0 Å². The number of carboxylic acid groups (broad SMARTS) is 1. The summed E-state index contributed by atoms with van der Waals surface area (Å²) in [6.45, 7) is 9.21. The van der Waals surface area contributed by atoms with Crippen molar-refractivity contribution in [2.24, 2.45) is 46.3 Å². The van der Waals surface area contributed by atoms with Crippen LogP contribution in [0.25, 0.3) is 0 Å². The first-order valence-electron chi connectivity index (χ1n) is 12.1. The van der Waals surface area contributed by atoms with Gasteiger partial charge in [0, 0.05) is 6.42 Å². The summed E-state index contributed by atoms with van der Waals surface area (Å²) in [5.74, 6) is 2.46. The Balaban J connectivity index is 1.59. The van der Waals surface area contributed by atoms with Crippen molar-refractivity contribution >= 4 is 5.97 Å². The average Bonchev–Trinajstić information content (AvgIpc) is 2.98. The molecule has 29 heavy (non-hydrogen) atoms. The van der Waals surface area contributed by atoms with E-state index < -0.39 is 11.6 Å². The molecule has 10 unspecified atom stereocenters. The van der Waals surface area contributed by atoms with Gasteiger partial charge in [0.15, 0.2) is 0 Å². The lowest BCUT2D eigenvalue weighted by Gasteiger charge is -2.65. The lowest BCUT2D eigenvalue weighted by molar-refractivity contribution is -0.210. The minimum atomic E-state index is -0.692. The molecule has 10 atom stereocenters. The molecule has 0 aromatic rings. The third kappa shape index (κ3) is 3.37. The van der Waals surface area contributed by atoms with Crippen LogP contribution in [0.5, 0.6) is 0 Å². The number of carbonyl (C=O) groups is 1. The molecule has 0 radical (unpaired) electrons. The van der Waals surface area contributed by atoms with E-state index in [4.69, 9.17) is 5.11 Å². The molecule has 0 aromatic carbocycles. The minimum absolute atomic E-state index is 0.139. The molecule has 0 aliphatic heterocycles. The van der Waals surface area contributed by atoms with Crippen molar-refractivity contribution in [2.75, 3.05) is 0 Å². The fraction of sp³-hybridized carbons (Fsp3) is 0.960. The molecule has 4 saturated carbocycles. The Morgan fingerprint density at radius 3 is 2.38 bits per heavy atom. The van der Waals surface area contributed by atoms with Crippen molar-refractivity contribution in [2.45, 2.75) is 104 Å². The van der Waals surface area contributed by atoms with Crippen LogP contribution in [-0.2, 0) is 4.79 Å². The molecule has 4 aliphatic carbocycles. The van der Waals surface area contributed by atoms with Crippen LogP contribution in [0.1, 0.15) is 91.9 Å². The van der Waals surface area contributed by atoms with Gasteiger partial charge in [0.25, 0.3) is 0 Å². The number of rotatable bonds is 4. The maximum atomic E-state index is 11.5. The van der Waals surface area contributed by atoms with Crippen LogP contribution in [-0.4, -0.2) is 33.0 Å². The molecule has 4 nitrogen and oxygen atoms in total. The molecule has 4 fully saturated rings. The number of hydrogen-bond donors (Lipinski definition) is 3. The Kier molecular flexibility index (Phi) is 5.38. The first kappa shape index (κ1) is 21.6. The van der Waals surface area contributed by atoms with Crippen LogP contribution in [0, 0.1) is 46.3 Å². The zero-order valence-corrected chi connectivity index (χ0v) is 18.9. The van der Waals surface area contributed by atoms with Gasteiger partial charge in [0.1, 0.15) is 0 Å². The zero-order valence-electron chi connectivity index (χ0n) is 18.9. The molecule has 0 amide bonds. The molecule has 0 heterocycles. The molecule has 3 N–H and O–H groups in total. The van der Waals surface area contributed by atoms with Crippen LogP contribution < -0.4 is 0 Å². The van der Waals surface area contributed by atoms with Gasteiger partial charge in [0.05, 0.1) is 11.7 Å². The van der Waals surface area contributed by atoms with Crippen LogP contribution in [0.4, 0.5) is 0 Å². The van der Waals surface area contributed by atoms with Gasteiger partial charge in [-0.1, -0.05) is 20.8 Å². The number of fused-ring (bicyclic) bond motifs is 5. The van der Waals surface area contributed by atoms with Crippen LogP contribution in [0.15, 0.2) is 0 Å². The topological polar surface area (TPSA) is 77.8 Å². The Morgan fingerprint density at radius 1 is 1.03 bits per heavy atom. The second-order valence-corrected chi connectivity index (χ2v) is 12.1. The van der Waals surface area contributed by atoms with E-state index in [1.165, 1.54) is 25.7 Å². The van der Waals surface area contributed by atoms with Gasteiger partial charge in [-0.2, -0.15) is 0 Å². The highest BCUT2D eigenvalue weighted by atomic mass is 16.4. The Labute approximate surface area is 176 Å². The van der Waals surface area contributed by atoms with Gasteiger partial charge in [-0.3, -0.25) is 4.79 Å². The Hall–Kier alpha value is -0.610. The lowest BCUT2D eigenvalue weighted by atomic mass is 9.41. The second-order valence-electron chi connectivity index (χ2n) is 12.1. The van der Waals surface area contributed by atoms with Crippen LogP contribution in [0.2, 0.25) is 0 Å². The smallest absolute Gasteiger partial charge is 0.303 e. The highest BCUT2D eigenvalue weighted by Gasteiger charge is 2.64. The van der Waals surface area contributed by atoms with Gasteiger partial charge >= 0.3 is 5.97 Å². The summed E-state index contributed by atoms with van der Waals surface area (Å²) in [5, 5.41) is 31.0. The predicted octanol–water partition coefficient (Wildman–Crippen LogP) is 4.87. The maximum Gasteiger partial charge on any atom is 0.303 e. The van der Waals surface area contributed by atoms with Gasteiger partial charge in [-0.15, -0.1) is 0 Å². The number of aliphatic hydroxyl groups is 2. The molecule has 4 rings (SSSR count). The normalized spacial score (nSPS) is 52.9. The van der Waals surface area contributed by atoms with Crippen molar-refractivity contribution in [3.63, 3.8) is 0 Å². The van der Waals surface area contributed by atoms with Gasteiger partial charge in [-0.25, -0.2) is 0 Å². The van der Waals surface area contributed by atoms with Crippen molar-refractivity contribution in [3.05, 3.63) is 0 Å². The van der Waals surface area contributed by atoms with Crippen LogP contribution in [0.3, 0.4) is 0 Å². The van der Waals surface area contributed by atoms with Crippen molar-refractivity contribution in [1.29, 1.82) is 0 Å². The Morgan fingerprint density at radius 2 is 1.69 bits per heavy atom. The third-order valence-electron chi connectivity index (χ3n) is 10.6. The number of hydrogen-bond acceptors (Lipinski definition) is 3. The van der Waals surface area contributed by atoms with Crippen molar-refractivity contribution < 1.29 is 20.1 Å². The van der Waals surface area contributed by atoms with Gasteiger partial charge in [-0.05, 0) is 111 Å². The van der Waals surface area contributed by atoms with E-state index in [2.05, 4.69) is 20.8 Å². The summed E-state index contributed by atoms with van der Waals surface area (Å²) in [5.41, 5.74) is -0.269. The third-order valence-corrected chi connectivity index (χ3v) is 10.6. The first-order valence-corrected chi connectivity index (χ1v) is 12.1. The number of aliphatic carboxylic acids is 1. The zero-order chi connectivity index (χ0) is 21.2. The standard InChI is InChI=1S/C25H42O4/c1-15(5-8-22(27)28)18-6-7-19-17-14-25(4,29)21-13-16(26)9-11-24(21,3)20(17)10-12-23(18,19)2/h15-21,26,29H,5-14H2,1-4H3,(H,27,28). The molecule has 4 aliphatic rings. The summed E-state index contributed by atoms with van der Waals surface area (Å²) < 4.78 is 0. The SMILES string of the molecule is CC(CCC(=O)O)C1CCC2C3CC(C)(O)C4CC(O)CCC4(C)C3CCC12C. The predicted molar refractivity (Wildman–Crippen MR) is 113 cm³/mol. The quantitative estimate of drug-likeness (QED) is 0.622. The molecule has 4 heteroatoms. The lowest BCUT2D eigenvalue weighted by Crippen LogP contribution is -2.62. The second kappa shape index (κ2) is 7.22. The van der Waals surface area contributed by atoms with E-state index in [9.17, 15) is 15.0 Å². The molecule has 0 aromatic heterocycles. The highest BCUT2D eigenvalue weighted by Crippen LogP contribution is 2.69. The van der Waals surface area contributed by atoms with Crippen molar-refractivity contribution in [1.82, 2.24) is 0 Å². The summed E-state index contributed by atoms with van der Waals surface area (Å²) in [4.78, 5) is 11.1. The summed E-state index contributed by atoms with van der Waals surface area (Å²) in [6, 6.07) is 0. The minimum Gasteiger partial charge on any atom is -0.481 e. The molecule has 0 spiro atoms. The van der Waals surface area contributed by atoms with E-state index in [-0.39, 0.29) is 29.3 Å². The number of aliphatic hydroxyl groups excluding tert-OH is 1. The maximum absolute atomic E-state index is 11.5.